The Morgan fingerprint density at radius 3 is 2.69 bits per heavy atom. The number of hydrogen-bond donors (Lipinski definition) is 1. The lowest BCUT2D eigenvalue weighted by atomic mass is 10.2. The molecule has 4 rings (SSSR count). The number of thiazole rings is 2. The summed E-state index contributed by atoms with van der Waals surface area (Å²) in [7, 11) is 0. The summed E-state index contributed by atoms with van der Waals surface area (Å²) in [5.41, 5.74) is 2.69. The summed E-state index contributed by atoms with van der Waals surface area (Å²) in [5, 5.41) is 6.70. The largest absolute Gasteiger partial charge is 0.298 e. The standard InChI is InChI=1S/C19H12ClN3OS2/c20-13-7-5-12(6-8-13)15-11-25-19(22-15)23-17(24)9-10-18-21-14-3-1-2-4-16(14)26-18/h1-11H,(H,22,23,24)/b10-9+. The Bertz CT molecular complexity index is 1070. The molecule has 128 valence electrons. The molecule has 26 heavy (non-hydrogen) atoms. The van der Waals surface area contributed by atoms with Gasteiger partial charge in [-0.05, 0) is 30.3 Å². The highest BCUT2D eigenvalue weighted by atomic mass is 35.5. The van der Waals surface area contributed by atoms with Crippen LogP contribution in [-0.4, -0.2) is 15.9 Å². The molecule has 1 amide bonds. The second-order valence-electron chi connectivity index (χ2n) is 5.39. The third-order valence-corrected chi connectivity index (χ3v) is 5.57. The molecule has 0 saturated carbocycles. The van der Waals surface area contributed by atoms with Crippen molar-refractivity contribution in [3.63, 3.8) is 0 Å². The Hall–Kier alpha value is -2.54. The van der Waals surface area contributed by atoms with E-state index in [2.05, 4.69) is 15.3 Å². The summed E-state index contributed by atoms with van der Waals surface area (Å²) >= 11 is 8.82. The Morgan fingerprint density at radius 2 is 1.88 bits per heavy atom. The van der Waals surface area contributed by atoms with Gasteiger partial charge in [0.25, 0.3) is 0 Å². The van der Waals surface area contributed by atoms with Gasteiger partial charge in [-0.3, -0.25) is 10.1 Å². The van der Waals surface area contributed by atoms with Crippen molar-refractivity contribution in [3.8, 4) is 11.3 Å². The van der Waals surface area contributed by atoms with Gasteiger partial charge in [0.1, 0.15) is 5.01 Å². The number of halogens is 1. The molecule has 0 atom stereocenters. The van der Waals surface area contributed by atoms with Crippen molar-refractivity contribution in [2.75, 3.05) is 5.32 Å². The number of nitrogens with zero attached hydrogens (tertiary/aromatic N) is 2. The fourth-order valence-electron chi connectivity index (χ4n) is 2.34. The molecule has 0 aliphatic rings. The Morgan fingerprint density at radius 1 is 1.08 bits per heavy atom. The first-order valence-electron chi connectivity index (χ1n) is 7.73. The van der Waals surface area contributed by atoms with Crippen LogP contribution in [0.3, 0.4) is 0 Å². The molecule has 2 aromatic heterocycles. The fraction of sp³-hybridized carbons (Fsp3) is 0. The molecule has 0 fully saturated rings. The van der Waals surface area contributed by atoms with E-state index < -0.39 is 0 Å². The van der Waals surface area contributed by atoms with E-state index >= 15 is 0 Å². The minimum Gasteiger partial charge on any atom is -0.298 e. The van der Waals surface area contributed by atoms with Gasteiger partial charge in [0.15, 0.2) is 5.13 Å². The number of benzene rings is 2. The van der Waals surface area contributed by atoms with E-state index in [1.54, 1.807) is 17.4 Å². The number of carbonyl (C=O) groups is 1. The average molecular weight is 398 g/mol. The summed E-state index contributed by atoms with van der Waals surface area (Å²) in [5.74, 6) is -0.235. The van der Waals surface area contributed by atoms with Crippen molar-refractivity contribution in [2.45, 2.75) is 0 Å². The van der Waals surface area contributed by atoms with E-state index in [0.29, 0.717) is 10.2 Å². The van der Waals surface area contributed by atoms with Gasteiger partial charge in [-0.1, -0.05) is 35.9 Å². The number of aromatic nitrogens is 2. The topological polar surface area (TPSA) is 54.9 Å². The lowest BCUT2D eigenvalue weighted by Crippen LogP contribution is -2.07. The minimum atomic E-state index is -0.235. The number of carbonyl (C=O) groups excluding carboxylic acids is 1. The number of nitrogens with one attached hydrogen (secondary N) is 1. The molecule has 0 unspecified atom stereocenters. The highest BCUT2D eigenvalue weighted by Gasteiger charge is 2.07. The van der Waals surface area contributed by atoms with Crippen LogP contribution >= 0.6 is 34.3 Å². The van der Waals surface area contributed by atoms with Crippen molar-refractivity contribution in [1.29, 1.82) is 0 Å². The maximum Gasteiger partial charge on any atom is 0.250 e. The summed E-state index contributed by atoms with van der Waals surface area (Å²) in [6, 6.07) is 15.3. The first-order valence-corrected chi connectivity index (χ1v) is 9.81. The van der Waals surface area contributed by atoms with Gasteiger partial charge in [-0.15, -0.1) is 22.7 Å². The van der Waals surface area contributed by atoms with E-state index in [1.165, 1.54) is 17.4 Å². The maximum absolute atomic E-state index is 12.1. The zero-order valence-electron chi connectivity index (χ0n) is 13.3. The molecule has 0 bridgehead atoms. The average Bonchev–Trinajstić information content (AvgIpc) is 3.27. The normalized spacial score (nSPS) is 11.3. The lowest BCUT2D eigenvalue weighted by Gasteiger charge is -1.97. The number of hydrogen-bond acceptors (Lipinski definition) is 5. The zero-order chi connectivity index (χ0) is 17.9. The quantitative estimate of drug-likeness (QED) is 0.448. The molecular formula is C19H12ClN3OS2. The second kappa shape index (κ2) is 7.37. The number of rotatable bonds is 4. The molecule has 0 saturated heterocycles. The van der Waals surface area contributed by atoms with Crippen molar-refractivity contribution in [3.05, 3.63) is 70.0 Å². The predicted octanol–water partition coefficient (Wildman–Crippen LogP) is 5.73. The maximum atomic E-state index is 12.1. The van der Waals surface area contributed by atoms with Crippen LogP contribution in [0.1, 0.15) is 5.01 Å². The zero-order valence-corrected chi connectivity index (χ0v) is 15.7. The molecule has 0 aliphatic carbocycles. The van der Waals surface area contributed by atoms with Gasteiger partial charge < -0.3 is 0 Å². The molecule has 4 nitrogen and oxygen atoms in total. The van der Waals surface area contributed by atoms with E-state index in [-0.39, 0.29) is 5.91 Å². The molecule has 0 radical (unpaired) electrons. The van der Waals surface area contributed by atoms with Crippen molar-refractivity contribution >= 4 is 61.6 Å². The van der Waals surface area contributed by atoms with Crippen LogP contribution in [0, 0.1) is 0 Å². The number of para-hydroxylation sites is 1. The monoisotopic (exact) mass is 397 g/mol. The van der Waals surface area contributed by atoms with E-state index in [0.717, 1.165) is 26.5 Å². The van der Waals surface area contributed by atoms with Crippen molar-refractivity contribution in [1.82, 2.24) is 9.97 Å². The van der Waals surface area contributed by atoms with Crippen molar-refractivity contribution in [2.24, 2.45) is 0 Å². The molecule has 2 aromatic carbocycles. The van der Waals surface area contributed by atoms with Gasteiger partial charge in [0.05, 0.1) is 15.9 Å². The number of fused-ring (bicyclic) bond motifs is 1. The third-order valence-electron chi connectivity index (χ3n) is 3.56. The highest BCUT2D eigenvalue weighted by molar-refractivity contribution is 7.19. The first kappa shape index (κ1) is 16.9. The van der Waals surface area contributed by atoms with E-state index in [4.69, 9.17) is 11.6 Å². The van der Waals surface area contributed by atoms with Gasteiger partial charge in [0.2, 0.25) is 5.91 Å². The SMILES string of the molecule is O=C(/C=C/c1nc2ccccc2s1)Nc1nc(-c2ccc(Cl)cc2)cs1. The van der Waals surface area contributed by atoms with Crippen LogP contribution in [0.15, 0.2) is 60.0 Å². The summed E-state index contributed by atoms with van der Waals surface area (Å²) < 4.78 is 1.10. The molecule has 1 N–H and O–H groups in total. The van der Waals surface area contributed by atoms with E-state index in [1.807, 2.05) is 53.9 Å². The van der Waals surface area contributed by atoms with Gasteiger partial charge >= 0.3 is 0 Å². The predicted molar refractivity (Wildman–Crippen MR) is 110 cm³/mol. The molecule has 2 heterocycles. The third kappa shape index (κ3) is 3.83. The summed E-state index contributed by atoms with van der Waals surface area (Å²) in [6.07, 6.45) is 3.19. The van der Waals surface area contributed by atoms with Gasteiger partial charge in [0, 0.05) is 22.0 Å². The number of amides is 1. The Labute approximate surface area is 162 Å². The Kier molecular flexibility index (Phi) is 4.79. The molecule has 7 heteroatoms. The van der Waals surface area contributed by atoms with Crippen LogP contribution in [0.5, 0.6) is 0 Å². The summed E-state index contributed by atoms with van der Waals surface area (Å²) in [6.45, 7) is 0. The fourth-order valence-corrected chi connectivity index (χ4v) is 4.06. The minimum absolute atomic E-state index is 0.235. The van der Waals surface area contributed by atoms with Gasteiger partial charge in [-0.25, -0.2) is 9.97 Å². The lowest BCUT2D eigenvalue weighted by molar-refractivity contribution is -0.111. The second-order valence-corrected chi connectivity index (χ2v) is 7.74. The Balaban J connectivity index is 1.44. The molecule has 4 aromatic rings. The van der Waals surface area contributed by atoms with Crippen LogP contribution < -0.4 is 5.32 Å². The number of anilines is 1. The van der Waals surface area contributed by atoms with E-state index in [9.17, 15) is 4.79 Å². The summed E-state index contributed by atoms with van der Waals surface area (Å²) in [4.78, 5) is 21.0. The van der Waals surface area contributed by atoms with Gasteiger partial charge in [-0.2, -0.15) is 0 Å². The van der Waals surface area contributed by atoms with Crippen LogP contribution in [0.2, 0.25) is 5.02 Å². The molecule has 0 spiro atoms. The van der Waals surface area contributed by atoms with Crippen LogP contribution in [0.25, 0.3) is 27.6 Å². The van der Waals surface area contributed by atoms with Crippen molar-refractivity contribution < 1.29 is 4.79 Å². The van der Waals surface area contributed by atoms with Crippen LogP contribution in [-0.2, 0) is 4.79 Å². The van der Waals surface area contributed by atoms with Crippen LogP contribution in [0.4, 0.5) is 5.13 Å². The molecular weight excluding hydrogens is 386 g/mol. The first-order chi connectivity index (χ1) is 12.7. The molecule has 0 aliphatic heterocycles. The smallest absolute Gasteiger partial charge is 0.250 e. The highest BCUT2D eigenvalue weighted by Crippen LogP contribution is 2.26.